The molecule has 1 N–H and O–H groups in total. The molecule has 1 aliphatic carbocycles. The van der Waals surface area contributed by atoms with Gasteiger partial charge in [-0.05, 0) is 59.9 Å². The zero-order valence-corrected chi connectivity index (χ0v) is 20.0. The first kappa shape index (κ1) is 22.9. The van der Waals surface area contributed by atoms with Crippen LogP contribution < -0.4 is 18.9 Å². The van der Waals surface area contributed by atoms with E-state index in [1.54, 1.807) is 25.3 Å². The summed E-state index contributed by atoms with van der Waals surface area (Å²) in [5, 5.41) is 11.1. The van der Waals surface area contributed by atoms with Crippen molar-refractivity contribution in [3.05, 3.63) is 76.9 Å². The van der Waals surface area contributed by atoms with Gasteiger partial charge in [-0.25, -0.2) is 0 Å². The minimum Gasteiger partial charge on any atom is -0.508 e. The highest BCUT2D eigenvalue weighted by molar-refractivity contribution is 5.88. The van der Waals surface area contributed by atoms with E-state index in [0.29, 0.717) is 35.8 Å². The van der Waals surface area contributed by atoms with Crippen LogP contribution in [0.15, 0.2) is 54.6 Å². The van der Waals surface area contributed by atoms with Gasteiger partial charge in [-0.3, -0.25) is 4.79 Å². The van der Waals surface area contributed by atoms with E-state index in [1.807, 2.05) is 43.3 Å². The molecule has 5 rings (SSSR count). The van der Waals surface area contributed by atoms with Crippen LogP contribution in [0.4, 0.5) is 0 Å². The fourth-order valence-electron chi connectivity index (χ4n) is 5.24. The minimum absolute atomic E-state index is 0.0381. The molecule has 3 aromatic rings. The Balaban J connectivity index is 1.75. The molecular weight excluding hydrogens is 448 g/mol. The highest BCUT2D eigenvalue weighted by atomic mass is 16.7. The first-order valence-corrected chi connectivity index (χ1v) is 11.6. The third-order valence-corrected chi connectivity index (χ3v) is 6.85. The maximum atomic E-state index is 13.7. The van der Waals surface area contributed by atoms with Crippen molar-refractivity contribution in [1.29, 1.82) is 0 Å². The number of hydrogen-bond acceptors (Lipinski definition) is 7. The number of carbonyl (C=O) groups excluding carboxylic acids is 1. The molecule has 1 heterocycles. The van der Waals surface area contributed by atoms with Gasteiger partial charge in [-0.15, -0.1) is 0 Å². The molecule has 0 spiro atoms. The Morgan fingerprint density at radius 2 is 1.80 bits per heavy atom. The summed E-state index contributed by atoms with van der Waals surface area (Å²) < 4.78 is 27.8. The molecule has 0 bridgehead atoms. The largest absolute Gasteiger partial charge is 0.508 e. The van der Waals surface area contributed by atoms with E-state index in [0.717, 1.165) is 28.9 Å². The fourth-order valence-corrected chi connectivity index (χ4v) is 5.24. The second-order valence-corrected chi connectivity index (χ2v) is 8.77. The van der Waals surface area contributed by atoms with E-state index in [9.17, 15) is 9.90 Å². The summed E-state index contributed by atoms with van der Waals surface area (Å²) in [4.78, 5) is 13.7. The minimum atomic E-state index is -1.15. The molecule has 0 radical (unpaired) electrons. The van der Waals surface area contributed by atoms with Gasteiger partial charge >= 0.3 is 5.97 Å². The van der Waals surface area contributed by atoms with E-state index < -0.39 is 17.3 Å². The highest BCUT2D eigenvalue weighted by Gasteiger charge is 2.55. The van der Waals surface area contributed by atoms with Gasteiger partial charge < -0.3 is 28.8 Å². The van der Waals surface area contributed by atoms with Crippen molar-refractivity contribution in [2.75, 3.05) is 27.6 Å². The average Bonchev–Trinajstić information content (AvgIpc) is 3.49. The summed E-state index contributed by atoms with van der Waals surface area (Å²) in [5.74, 6) is 1.54. The molecule has 0 aromatic heterocycles. The van der Waals surface area contributed by atoms with Gasteiger partial charge in [0.1, 0.15) is 22.7 Å². The lowest BCUT2D eigenvalue weighted by molar-refractivity contribution is -0.147. The van der Waals surface area contributed by atoms with Crippen molar-refractivity contribution in [3.8, 4) is 28.7 Å². The van der Waals surface area contributed by atoms with Crippen molar-refractivity contribution in [2.24, 2.45) is 0 Å². The van der Waals surface area contributed by atoms with Crippen LogP contribution in [0.25, 0.3) is 0 Å². The number of esters is 1. The quantitative estimate of drug-likeness (QED) is 0.494. The van der Waals surface area contributed by atoms with Gasteiger partial charge in [0.15, 0.2) is 11.5 Å². The Bertz CT molecular complexity index is 1270. The van der Waals surface area contributed by atoms with E-state index in [2.05, 4.69) is 0 Å². The smallest absolute Gasteiger partial charge is 0.317 e. The number of hydrogen-bond donors (Lipinski definition) is 1. The van der Waals surface area contributed by atoms with Gasteiger partial charge in [-0.2, -0.15) is 0 Å². The summed E-state index contributed by atoms with van der Waals surface area (Å²) in [5.41, 5.74) is 2.06. The molecule has 35 heavy (non-hydrogen) atoms. The van der Waals surface area contributed by atoms with Gasteiger partial charge in [0.25, 0.3) is 0 Å². The number of ether oxygens (including phenoxy) is 5. The van der Waals surface area contributed by atoms with Gasteiger partial charge in [-0.1, -0.05) is 25.1 Å². The van der Waals surface area contributed by atoms with Crippen molar-refractivity contribution >= 4 is 5.97 Å². The van der Waals surface area contributed by atoms with Crippen molar-refractivity contribution < 1.29 is 33.6 Å². The third-order valence-electron chi connectivity index (χ3n) is 6.85. The van der Waals surface area contributed by atoms with E-state index in [4.69, 9.17) is 23.7 Å². The molecule has 0 saturated carbocycles. The standard InChI is InChI=1S/C28H28O7/c1-4-11-33-20-7-5-17-15-28(27(30)32-3,18-6-10-24-25(12-18)35-16-34-24)26(22(17)13-20)21-9-8-19(31-2)14-23(21)29/h5-10,12-14,26,29H,4,11,15-16H2,1-3H3/t26-,28+/m1/s1. The second-order valence-electron chi connectivity index (χ2n) is 8.77. The van der Waals surface area contributed by atoms with Crippen LogP contribution in [-0.2, 0) is 21.4 Å². The van der Waals surface area contributed by atoms with E-state index >= 15 is 0 Å². The van der Waals surface area contributed by atoms with Crippen LogP contribution in [0.1, 0.15) is 41.5 Å². The first-order valence-electron chi connectivity index (χ1n) is 11.6. The molecule has 7 heteroatoms. The summed E-state index contributed by atoms with van der Waals surface area (Å²) in [7, 11) is 2.93. The van der Waals surface area contributed by atoms with Crippen LogP contribution in [-0.4, -0.2) is 38.7 Å². The molecule has 0 unspecified atom stereocenters. The molecule has 1 aliphatic heterocycles. The number of aromatic hydroxyl groups is 1. The van der Waals surface area contributed by atoms with Crippen molar-refractivity contribution in [3.63, 3.8) is 0 Å². The number of phenols is 1. The van der Waals surface area contributed by atoms with Crippen LogP contribution >= 0.6 is 0 Å². The summed E-state index contributed by atoms with van der Waals surface area (Å²) >= 11 is 0. The molecule has 0 saturated heterocycles. The van der Waals surface area contributed by atoms with Gasteiger partial charge in [0.2, 0.25) is 6.79 Å². The number of fused-ring (bicyclic) bond motifs is 2. The molecule has 182 valence electrons. The van der Waals surface area contributed by atoms with Crippen LogP contribution in [0.3, 0.4) is 0 Å². The Labute approximate surface area is 204 Å². The van der Waals surface area contributed by atoms with Gasteiger partial charge in [0, 0.05) is 17.5 Å². The maximum absolute atomic E-state index is 13.7. The summed E-state index contributed by atoms with van der Waals surface area (Å²) in [6, 6.07) is 16.6. The lowest BCUT2D eigenvalue weighted by Crippen LogP contribution is -2.41. The van der Waals surface area contributed by atoms with Crippen LogP contribution in [0, 0.1) is 0 Å². The van der Waals surface area contributed by atoms with Crippen LogP contribution in [0.5, 0.6) is 28.7 Å². The number of phenolic OH excluding ortho intramolecular Hbond substituents is 1. The fraction of sp³-hybridized carbons (Fsp3) is 0.321. The maximum Gasteiger partial charge on any atom is 0.317 e. The van der Waals surface area contributed by atoms with Gasteiger partial charge in [0.05, 0.1) is 20.8 Å². The van der Waals surface area contributed by atoms with Crippen molar-refractivity contribution in [1.82, 2.24) is 0 Å². The molecule has 2 aliphatic rings. The predicted molar refractivity (Wildman–Crippen MR) is 129 cm³/mol. The molecule has 3 aromatic carbocycles. The zero-order valence-electron chi connectivity index (χ0n) is 20.0. The lowest BCUT2D eigenvalue weighted by Gasteiger charge is -2.34. The third kappa shape index (κ3) is 3.71. The Kier molecular flexibility index (Phi) is 5.93. The van der Waals surface area contributed by atoms with Crippen LogP contribution in [0.2, 0.25) is 0 Å². The molecule has 2 atom stereocenters. The topological polar surface area (TPSA) is 83.5 Å². The normalized spacial score (nSPS) is 19.8. The molecule has 0 fully saturated rings. The monoisotopic (exact) mass is 476 g/mol. The molecule has 0 amide bonds. The summed E-state index contributed by atoms with van der Waals surface area (Å²) in [6.45, 7) is 2.76. The van der Waals surface area contributed by atoms with E-state index in [1.165, 1.54) is 7.11 Å². The van der Waals surface area contributed by atoms with Crippen molar-refractivity contribution in [2.45, 2.75) is 31.1 Å². The molecule has 7 nitrogen and oxygen atoms in total. The predicted octanol–water partition coefficient (Wildman–Crippen LogP) is 4.72. The molecular formula is C28H28O7. The average molecular weight is 477 g/mol. The Morgan fingerprint density at radius 3 is 2.54 bits per heavy atom. The Hall–Kier alpha value is -3.87. The second kappa shape index (κ2) is 9.06. The number of carbonyl (C=O) groups is 1. The van der Waals surface area contributed by atoms with E-state index in [-0.39, 0.29) is 12.5 Å². The highest BCUT2D eigenvalue weighted by Crippen LogP contribution is 2.56. The number of benzene rings is 3. The number of methoxy groups -OCH3 is 2. The first-order chi connectivity index (χ1) is 17.0. The SMILES string of the molecule is CCCOc1ccc2c(c1)[C@@H](c1ccc(OC)cc1O)[C@@](C(=O)OC)(c1ccc3c(c1)OCO3)C2. The zero-order chi connectivity index (χ0) is 24.6. The number of rotatable bonds is 7. The Morgan fingerprint density at radius 1 is 1.00 bits per heavy atom. The summed E-state index contributed by atoms with van der Waals surface area (Å²) in [6.07, 6.45) is 1.27. The lowest BCUT2D eigenvalue weighted by atomic mass is 9.67.